The molecule has 0 bridgehead atoms. The highest BCUT2D eigenvalue weighted by Gasteiger charge is 2.56. The van der Waals surface area contributed by atoms with Crippen LogP contribution in [-0.4, -0.2) is 59.5 Å². The highest BCUT2D eigenvalue weighted by molar-refractivity contribution is 6.04. The lowest BCUT2D eigenvalue weighted by molar-refractivity contribution is -0.129. The molecule has 33 heavy (non-hydrogen) atoms. The number of esters is 1. The van der Waals surface area contributed by atoms with Crippen LogP contribution in [0.3, 0.4) is 0 Å². The van der Waals surface area contributed by atoms with Crippen molar-refractivity contribution < 1.29 is 19.1 Å². The van der Waals surface area contributed by atoms with Crippen molar-refractivity contribution >= 4 is 23.6 Å². The van der Waals surface area contributed by atoms with Crippen LogP contribution in [0.1, 0.15) is 59.7 Å². The summed E-state index contributed by atoms with van der Waals surface area (Å²) in [7, 11) is 1.39. The van der Waals surface area contributed by atoms with E-state index in [-0.39, 0.29) is 35.9 Å². The van der Waals surface area contributed by atoms with Gasteiger partial charge in [-0.15, -0.1) is 0 Å². The number of amides is 3. The highest BCUT2D eigenvalue weighted by Crippen LogP contribution is 2.49. The van der Waals surface area contributed by atoms with Gasteiger partial charge in [0.05, 0.1) is 24.8 Å². The number of nitrogens with zero attached hydrogens (tertiary/aromatic N) is 2. The summed E-state index contributed by atoms with van der Waals surface area (Å²) >= 11 is 0. The van der Waals surface area contributed by atoms with Crippen molar-refractivity contribution in [3.63, 3.8) is 0 Å². The van der Waals surface area contributed by atoms with Gasteiger partial charge < -0.3 is 15.0 Å². The van der Waals surface area contributed by atoms with Crippen molar-refractivity contribution in [1.82, 2.24) is 9.80 Å². The van der Waals surface area contributed by atoms with Gasteiger partial charge >= 0.3 is 12.0 Å². The number of imide groups is 1. The topological polar surface area (TPSA) is 79.0 Å². The molecule has 2 aromatic carbocycles. The first-order valence-corrected chi connectivity index (χ1v) is 11.7. The standard InChI is InChI=1S/C26H29N3O4/c1-4-20-23-18(14-21-24(30)28(5-2)26(32)29(20)21)22-16(9-7-11-19(22)27-23)12-15-8-6-10-17(13-15)25(31)33-3/h6-11,13,18,20-21,23,27H,4-5,12,14H2,1-3H3. The Hall–Kier alpha value is -3.35. The summed E-state index contributed by atoms with van der Waals surface area (Å²) in [6.45, 7) is 4.34. The third kappa shape index (κ3) is 3.29. The van der Waals surface area contributed by atoms with Gasteiger partial charge in [-0.05, 0) is 61.1 Å². The number of nitrogens with one attached hydrogen (secondary N) is 1. The monoisotopic (exact) mass is 447 g/mol. The minimum absolute atomic E-state index is 0.0374. The van der Waals surface area contributed by atoms with E-state index in [1.165, 1.54) is 23.1 Å². The SMILES string of the molecule is CCC1C2Nc3cccc(Cc4cccc(C(=O)OC)c4)c3C2CC2C(=O)N(CC)C(=O)N21. The van der Waals surface area contributed by atoms with Crippen molar-refractivity contribution in [2.24, 2.45) is 0 Å². The number of hydrogen-bond donors (Lipinski definition) is 1. The van der Waals surface area contributed by atoms with Gasteiger partial charge in [0.25, 0.3) is 5.91 Å². The van der Waals surface area contributed by atoms with Gasteiger partial charge in [-0.2, -0.15) is 0 Å². The minimum atomic E-state index is -0.396. The van der Waals surface area contributed by atoms with Crippen LogP contribution in [0.2, 0.25) is 0 Å². The van der Waals surface area contributed by atoms with E-state index in [4.69, 9.17) is 4.74 Å². The number of ether oxygens (including phenoxy) is 1. The molecule has 3 aliphatic heterocycles. The molecule has 0 radical (unpaired) electrons. The molecule has 0 spiro atoms. The third-order valence-electron chi connectivity index (χ3n) is 7.39. The highest BCUT2D eigenvalue weighted by atomic mass is 16.5. The van der Waals surface area contributed by atoms with Crippen molar-refractivity contribution in [2.45, 2.75) is 57.2 Å². The van der Waals surface area contributed by atoms with Gasteiger partial charge in [0, 0.05) is 18.2 Å². The molecular weight excluding hydrogens is 418 g/mol. The lowest BCUT2D eigenvalue weighted by atomic mass is 9.77. The number of anilines is 1. The Morgan fingerprint density at radius 2 is 1.94 bits per heavy atom. The molecule has 3 aliphatic rings. The van der Waals surface area contributed by atoms with Crippen molar-refractivity contribution in [3.8, 4) is 0 Å². The maximum atomic E-state index is 13.0. The number of rotatable bonds is 5. The Labute approximate surface area is 193 Å². The first kappa shape index (κ1) is 21.5. The molecule has 2 saturated heterocycles. The quantitative estimate of drug-likeness (QED) is 0.558. The van der Waals surface area contributed by atoms with Gasteiger partial charge in [-0.3, -0.25) is 9.69 Å². The Bertz CT molecular complexity index is 1130. The molecule has 4 unspecified atom stereocenters. The molecule has 1 N–H and O–H groups in total. The fourth-order valence-electron chi connectivity index (χ4n) is 5.97. The fourth-order valence-corrected chi connectivity index (χ4v) is 5.97. The maximum Gasteiger partial charge on any atom is 0.337 e. The van der Waals surface area contributed by atoms with Gasteiger partial charge in [-0.1, -0.05) is 31.2 Å². The summed E-state index contributed by atoms with van der Waals surface area (Å²) in [4.78, 5) is 41.2. The molecular formula is C26H29N3O4. The second-order valence-corrected chi connectivity index (χ2v) is 9.02. The molecule has 2 fully saturated rings. The molecule has 0 aliphatic carbocycles. The van der Waals surface area contributed by atoms with E-state index in [1.807, 2.05) is 36.1 Å². The molecule has 4 atom stereocenters. The predicted octanol–water partition coefficient (Wildman–Crippen LogP) is 3.78. The zero-order valence-electron chi connectivity index (χ0n) is 19.2. The number of piperidine rings is 1. The van der Waals surface area contributed by atoms with Crippen LogP contribution in [0, 0.1) is 0 Å². The molecule has 3 heterocycles. The van der Waals surface area contributed by atoms with Crippen molar-refractivity contribution in [1.29, 1.82) is 0 Å². The van der Waals surface area contributed by atoms with Crippen molar-refractivity contribution in [3.05, 3.63) is 64.7 Å². The van der Waals surface area contributed by atoms with E-state index in [1.54, 1.807) is 6.07 Å². The average Bonchev–Trinajstić information content (AvgIpc) is 3.32. The van der Waals surface area contributed by atoms with Crippen LogP contribution in [0.25, 0.3) is 0 Å². The predicted molar refractivity (Wildman–Crippen MR) is 124 cm³/mol. The van der Waals surface area contributed by atoms with E-state index in [9.17, 15) is 14.4 Å². The minimum Gasteiger partial charge on any atom is -0.465 e. The second-order valence-electron chi connectivity index (χ2n) is 9.02. The largest absolute Gasteiger partial charge is 0.465 e. The van der Waals surface area contributed by atoms with Crippen LogP contribution >= 0.6 is 0 Å². The Kier molecular flexibility index (Phi) is 5.35. The third-order valence-corrected chi connectivity index (χ3v) is 7.39. The first-order valence-electron chi connectivity index (χ1n) is 11.7. The smallest absolute Gasteiger partial charge is 0.337 e. The fraction of sp³-hybridized carbons (Fsp3) is 0.423. The number of carbonyl (C=O) groups is 3. The Balaban J connectivity index is 1.50. The number of methoxy groups -OCH3 is 1. The molecule has 0 saturated carbocycles. The lowest BCUT2D eigenvalue weighted by Gasteiger charge is -2.43. The second kappa shape index (κ2) is 8.21. The maximum absolute atomic E-state index is 13.0. The Morgan fingerprint density at radius 1 is 1.15 bits per heavy atom. The first-order chi connectivity index (χ1) is 16.0. The molecule has 3 amide bonds. The number of likely N-dealkylation sites (N-methyl/N-ethyl adjacent to an activating group) is 1. The van der Waals surface area contributed by atoms with Gasteiger partial charge in [-0.25, -0.2) is 9.59 Å². The lowest BCUT2D eigenvalue weighted by Crippen LogP contribution is -2.56. The molecule has 7 nitrogen and oxygen atoms in total. The van der Waals surface area contributed by atoms with E-state index in [0.29, 0.717) is 24.9 Å². The summed E-state index contributed by atoms with van der Waals surface area (Å²) in [5.74, 6) is -0.268. The van der Waals surface area contributed by atoms with E-state index < -0.39 is 6.04 Å². The van der Waals surface area contributed by atoms with E-state index in [2.05, 4.69) is 24.4 Å². The summed E-state index contributed by atoms with van der Waals surface area (Å²) in [5.41, 5.74) is 5.07. The average molecular weight is 448 g/mol. The zero-order chi connectivity index (χ0) is 23.3. The van der Waals surface area contributed by atoms with Crippen LogP contribution in [0.5, 0.6) is 0 Å². The van der Waals surface area contributed by atoms with Crippen LogP contribution in [0.4, 0.5) is 10.5 Å². The number of urea groups is 1. The zero-order valence-corrected chi connectivity index (χ0v) is 19.2. The van der Waals surface area contributed by atoms with E-state index >= 15 is 0 Å². The molecule has 7 heteroatoms. The summed E-state index contributed by atoms with van der Waals surface area (Å²) < 4.78 is 4.87. The van der Waals surface area contributed by atoms with Gasteiger partial charge in [0.1, 0.15) is 6.04 Å². The van der Waals surface area contributed by atoms with Crippen LogP contribution in [-0.2, 0) is 16.0 Å². The molecule has 0 aromatic heterocycles. The number of fused-ring (bicyclic) bond motifs is 4. The van der Waals surface area contributed by atoms with Gasteiger partial charge in [0.15, 0.2) is 0 Å². The summed E-state index contributed by atoms with van der Waals surface area (Å²) in [5, 5.41) is 3.69. The van der Waals surface area contributed by atoms with Crippen LogP contribution < -0.4 is 5.32 Å². The normalized spacial score (nSPS) is 25.4. The number of carbonyl (C=O) groups excluding carboxylic acids is 3. The van der Waals surface area contributed by atoms with E-state index in [0.717, 1.165) is 17.7 Å². The molecule has 2 aromatic rings. The summed E-state index contributed by atoms with van der Waals surface area (Å²) in [6.07, 6.45) is 2.09. The molecule has 5 rings (SSSR count). The Morgan fingerprint density at radius 3 is 2.67 bits per heavy atom. The summed E-state index contributed by atoms with van der Waals surface area (Å²) in [6, 6.07) is 13.3. The number of hydrogen-bond acceptors (Lipinski definition) is 5. The van der Waals surface area contributed by atoms with Gasteiger partial charge in [0.2, 0.25) is 0 Å². The molecule has 172 valence electrons. The van der Waals surface area contributed by atoms with Crippen LogP contribution in [0.15, 0.2) is 42.5 Å². The number of benzene rings is 2. The van der Waals surface area contributed by atoms with Crippen molar-refractivity contribution in [2.75, 3.05) is 19.0 Å².